The van der Waals surface area contributed by atoms with Gasteiger partial charge in [0.15, 0.2) is 0 Å². The number of amides is 2. The van der Waals surface area contributed by atoms with Gasteiger partial charge in [-0.1, -0.05) is 31.2 Å². The van der Waals surface area contributed by atoms with E-state index in [0.717, 1.165) is 41.8 Å². The van der Waals surface area contributed by atoms with Gasteiger partial charge in [-0.15, -0.1) is 0 Å². The first kappa shape index (κ1) is 20.7. The molecule has 154 valence electrons. The van der Waals surface area contributed by atoms with Crippen molar-refractivity contribution in [3.05, 3.63) is 48.5 Å². The van der Waals surface area contributed by atoms with Crippen LogP contribution in [0.1, 0.15) is 26.2 Å². The van der Waals surface area contributed by atoms with Crippen molar-refractivity contribution in [2.24, 2.45) is 5.92 Å². The van der Waals surface area contributed by atoms with Gasteiger partial charge in [0.1, 0.15) is 5.75 Å². The second-order valence-electron chi connectivity index (χ2n) is 7.20. The summed E-state index contributed by atoms with van der Waals surface area (Å²) in [6, 6.07) is 15.6. The Morgan fingerprint density at radius 3 is 2.66 bits per heavy atom. The van der Waals surface area contributed by atoms with Gasteiger partial charge in [-0.25, -0.2) is 4.79 Å². The van der Waals surface area contributed by atoms with Gasteiger partial charge in [0, 0.05) is 18.8 Å². The molecule has 29 heavy (non-hydrogen) atoms. The molecule has 0 bridgehead atoms. The Labute approximate surface area is 171 Å². The lowest BCUT2D eigenvalue weighted by Gasteiger charge is -2.31. The zero-order valence-electron chi connectivity index (χ0n) is 17.0. The first-order valence-corrected chi connectivity index (χ1v) is 10.1. The lowest BCUT2D eigenvalue weighted by Crippen LogP contribution is -2.44. The van der Waals surface area contributed by atoms with Crippen molar-refractivity contribution < 1.29 is 19.1 Å². The van der Waals surface area contributed by atoms with Crippen LogP contribution in [0.4, 0.5) is 10.5 Å². The number of methoxy groups -OCH3 is 1. The first-order valence-electron chi connectivity index (χ1n) is 10.1. The van der Waals surface area contributed by atoms with Crippen LogP contribution in [0, 0.1) is 5.92 Å². The summed E-state index contributed by atoms with van der Waals surface area (Å²) in [6.45, 7) is 3.41. The molecule has 6 nitrogen and oxygen atoms in total. The molecule has 1 N–H and O–H groups in total. The predicted octanol–water partition coefficient (Wildman–Crippen LogP) is 4.56. The third-order valence-electron chi connectivity index (χ3n) is 5.04. The molecular weight excluding hydrogens is 368 g/mol. The SMILES string of the molecule is CCCOC(=O)N1CCC[C@@H](C(=O)Nc2ccc(-c3cccc(OC)c3)cc2)C1. The van der Waals surface area contributed by atoms with Crippen molar-refractivity contribution in [2.75, 3.05) is 32.1 Å². The van der Waals surface area contributed by atoms with Gasteiger partial charge < -0.3 is 19.7 Å². The van der Waals surface area contributed by atoms with E-state index in [4.69, 9.17) is 9.47 Å². The van der Waals surface area contributed by atoms with Crippen molar-refractivity contribution in [3.8, 4) is 16.9 Å². The smallest absolute Gasteiger partial charge is 0.409 e. The summed E-state index contributed by atoms with van der Waals surface area (Å²) in [5, 5.41) is 2.97. The number of hydrogen-bond donors (Lipinski definition) is 1. The number of carbonyl (C=O) groups excluding carboxylic acids is 2. The van der Waals surface area contributed by atoms with E-state index in [1.165, 1.54) is 0 Å². The lowest BCUT2D eigenvalue weighted by atomic mass is 9.97. The number of piperidine rings is 1. The molecule has 1 aliphatic rings. The molecule has 0 radical (unpaired) electrons. The molecule has 1 heterocycles. The van der Waals surface area contributed by atoms with E-state index < -0.39 is 0 Å². The molecule has 0 unspecified atom stereocenters. The minimum Gasteiger partial charge on any atom is -0.497 e. The van der Waals surface area contributed by atoms with Gasteiger partial charge in [-0.05, 0) is 54.7 Å². The quantitative estimate of drug-likeness (QED) is 0.777. The lowest BCUT2D eigenvalue weighted by molar-refractivity contribution is -0.121. The number of likely N-dealkylation sites (tertiary alicyclic amines) is 1. The average Bonchev–Trinajstić information content (AvgIpc) is 2.78. The van der Waals surface area contributed by atoms with Gasteiger partial charge in [0.05, 0.1) is 19.6 Å². The highest BCUT2D eigenvalue weighted by Gasteiger charge is 2.29. The highest BCUT2D eigenvalue weighted by atomic mass is 16.6. The van der Waals surface area contributed by atoms with Crippen LogP contribution in [0.5, 0.6) is 5.75 Å². The van der Waals surface area contributed by atoms with E-state index in [0.29, 0.717) is 19.7 Å². The van der Waals surface area contributed by atoms with Crippen LogP contribution in [0.25, 0.3) is 11.1 Å². The molecule has 0 aliphatic carbocycles. The predicted molar refractivity (Wildman–Crippen MR) is 113 cm³/mol. The molecule has 0 aromatic heterocycles. The largest absolute Gasteiger partial charge is 0.497 e. The van der Waals surface area contributed by atoms with E-state index >= 15 is 0 Å². The standard InChI is InChI=1S/C23H28N2O4/c1-3-14-29-23(27)25-13-5-7-19(16-25)22(26)24-20-11-9-17(10-12-20)18-6-4-8-21(15-18)28-2/h4,6,8-12,15,19H,3,5,7,13-14,16H2,1-2H3,(H,24,26)/t19-/m1/s1. The summed E-state index contributed by atoms with van der Waals surface area (Å²) in [4.78, 5) is 26.4. The van der Waals surface area contributed by atoms with Gasteiger partial charge >= 0.3 is 6.09 Å². The van der Waals surface area contributed by atoms with Crippen molar-refractivity contribution in [2.45, 2.75) is 26.2 Å². The Balaban J connectivity index is 1.59. The molecule has 0 spiro atoms. The topological polar surface area (TPSA) is 67.9 Å². The molecule has 1 fully saturated rings. The van der Waals surface area contributed by atoms with Crippen molar-refractivity contribution in [1.82, 2.24) is 4.90 Å². The van der Waals surface area contributed by atoms with Crippen LogP contribution in [-0.2, 0) is 9.53 Å². The molecule has 3 rings (SSSR count). The fraction of sp³-hybridized carbons (Fsp3) is 0.391. The Morgan fingerprint density at radius 1 is 1.14 bits per heavy atom. The Hall–Kier alpha value is -3.02. The van der Waals surface area contributed by atoms with E-state index in [2.05, 4.69) is 5.32 Å². The van der Waals surface area contributed by atoms with Gasteiger partial charge in [-0.2, -0.15) is 0 Å². The highest BCUT2D eigenvalue weighted by Crippen LogP contribution is 2.26. The third kappa shape index (κ3) is 5.50. The average molecular weight is 396 g/mol. The van der Waals surface area contributed by atoms with Crippen LogP contribution >= 0.6 is 0 Å². The molecule has 2 aromatic carbocycles. The van der Waals surface area contributed by atoms with Crippen molar-refractivity contribution in [3.63, 3.8) is 0 Å². The normalized spacial score (nSPS) is 16.2. The number of hydrogen-bond acceptors (Lipinski definition) is 4. The van der Waals surface area contributed by atoms with E-state index in [-0.39, 0.29) is 17.9 Å². The van der Waals surface area contributed by atoms with E-state index in [1.807, 2.05) is 55.5 Å². The molecule has 0 saturated carbocycles. The highest BCUT2D eigenvalue weighted by molar-refractivity contribution is 5.93. The van der Waals surface area contributed by atoms with Crippen LogP contribution < -0.4 is 10.1 Å². The number of carbonyl (C=O) groups is 2. The maximum atomic E-state index is 12.7. The van der Waals surface area contributed by atoms with Crippen LogP contribution in [0.3, 0.4) is 0 Å². The van der Waals surface area contributed by atoms with E-state index in [9.17, 15) is 9.59 Å². The molecule has 1 atom stereocenters. The zero-order valence-corrected chi connectivity index (χ0v) is 17.0. The summed E-state index contributed by atoms with van der Waals surface area (Å²) in [6.07, 6.45) is 2.03. The van der Waals surface area contributed by atoms with Crippen LogP contribution in [0.15, 0.2) is 48.5 Å². The van der Waals surface area contributed by atoms with Crippen molar-refractivity contribution in [1.29, 1.82) is 0 Å². The summed E-state index contributed by atoms with van der Waals surface area (Å²) < 4.78 is 10.5. The second kappa shape index (κ2) is 9.96. The third-order valence-corrected chi connectivity index (χ3v) is 5.04. The number of anilines is 1. The summed E-state index contributed by atoms with van der Waals surface area (Å²) >= 11 is 0. The minimum atomic E-state index is -0.327. The van der Waals surface area contributed by atoms with Crippen molar-refractivity contribution >= 4 is 17.7 Å². The molecule has 2 amide bonds. The number of rotatable bonds is 6. The number of ether oxygens (including phenoxy) is 2. The number of nitrogens with zero attached hydrogens (tertiary/aromatic N) is 1. The fourth-order valence-corrected chi connectivity index (χ4v) is 3.43. The van der Waals surface area contributed by atoms with Gasteiger partial charge in [0.25, 0.3) is 0 Å². The fourth-order valence-electron chi connectivity index (χ4n) is 3.43. The molecule has 2 aromatic rings. The summed E-state index contributed by atoms with van der Waals surface area (Å²) in [5.74, 6) is 0.516. The molecular formula is C23H28N2O4. The maximum Gasteiger partial charge on any atom is 0.409 e. The van der Waals surface area contributed by atoms with Gasteiger partial charge in [0.2, 0.25) is 5.91 Å². The summed E-state index contributed by atoms with van der Waals surface area (Å²) in [7, 11) is 1.65. The molecule has 1 saturated heterocycles. The van der Waals surface area contributed by atoms with Crippen LogP contribution in [-0.4, -0.2) is 43.7 Å². The molecule has 1 aliphatic heterocycles. The maximum absolute atomic E-state index is 12.7. The Kier molecular flexibility index (Phi) is 7.11. The Bertz CT molecular complexity index is 835. The molecule has 6 heteroatoms. The van der Waals surface area contributed by atoms with Crippen LogP contribution in [0.2, 0.25) is 0 Å². The summed E-state index contributed by atoms with van der Waals surface area (Å²) in [5.41, 5.74) is 2.84. The van der Waals surface area contributed by atoms with E-state index in [1.54, 1.807) is 12.0 Å². The Morgan fingerprint density at radius 2 is 1.93 bits per heavy atom. The number of nitrogens with one attached hydrogen (secondary N) is 1. The minimum absolute atomic E-state index is 0.0629. The number of benzene rings is 2. The zero-order chi connectivity index (χ0) is 20.6. The monoisotopic (exact) mass is 396 g/mol. The van der Waals surface area contributed by atoms with Gasteiger partial charge in [-0.3, -0.25) is 4.79 Å². The second-order valence-corrected chi connectivity index (χ2v) is 7.20. The first-order chi connectivity index (χ1) is 14.1.